The van der Waals surface area contributed by atoms with E-state index in [1.165, 1.54) is 35.1 Å². The van der Waals surface area contributed by atoms with Crippen LogP contribution in [0.25, 0.3) is 0 Å². The van der Waals surface area contributed by atoms with Crippen LogP contribution in [0.15, 0.2) is 35.0 Å². The van der Waals surface area contributed by atoms with E-state index in [9.17, 15) is 0 Å². The molecule has 0 amide bonds. The second kappa shape index (κ2) is 4.87. The van der Waals surface area contributed by atoms with E-state index >= 15 is 0 Å². The third kappa shape index (κ3) is 2.23. The summed E-state index contributed by atoms with van der Waals surface area (Å²) in [4.78, 5) is 0. The Bertz CT molecular complexity index is 530. The molecule has 0 saturated carbocycles. The SMILES string of the molecule is Cc1ccc2c(c1)C(NC(C)c1ccsc1)CC2. The largest absolute Gasteiger partial charge is 0.303 e. The van der Waals surface area contributed by atoms with E-state index in [1.807, 2.05) is 0 Å². The second-order valence-corrected chi connectivity index (χ2v) is 6.02. The summed E-state index contributed by atoms with van der Waals surface area (Å²) in [6, 6.07) is 10.0. The quantitative estimate of drug-likeness (QED) is 0.859. The number of benzene rings is 1. The van der Waals surface area contributed by atoms with Gasteiger partial charge in [0.25, 0.3) is 0 Å². The first-order chi connectivity index (χ1) is 8.74. The molecule has 1 aliphatic rings. The maximum absolute atomic E-state index is 3.77. The van der Waals surface area contributed by atoms with E-state index in [0.717, 1.165) is 0 Å². The molecule has 0 radical (unpaired) electrons. The molecule has 0 aliphatic heterocycles. The zero-order chi connectivity index (χ0) is 12.5. The molecule has 1 aromatic heterocycles. The monoisotopic (exact) mass is 257 g/mol. The van der Waals surface area contributed by atoms with Crippen molar-refractivity contribution in [2.45, 2.75) is 38.8 Å². The normalized spacial score (nSPS) is 19.8. The van der Waals surface area contributed by atoms with Crippen molar-refractivity contribution in [3.63, 3.8) is 0 Å². The van der Waals surface area contributed by atoms with Crippen molar-refractivity contribution in [3.05, 3.63) is 57.3 Å². The molecule has 2 heteroatoms. The smallest absolute Gasteiger partial charge is 0.0331 e. The second-order valence-electron chi connectivity index (χ2n) is 5.24. The summed E-state index contributed by atoms with van der Waals surface area (Å²) < 4.78 is 0. The molecule has 3 rings (SSSR count). The maximum atomic E-state index is 3.77. The van der Waals surface area contributed by atoms with Gasteiger partial charge in [-0.1, -0.05) is 23.8 Å². The molecular formula is C16H19NS. The molecule has 2 aromatic rings. The van der Waals surface area contributed by atoms with E-state index in [1.54, 1.807) is 11.3 Å². The van der Waals surface area contributed by atoms with Gasteiger partial charge < -0.3 is 5.32 Å². The molecule has 0 spiro atoms. The molecule has 1 aromatic carbocycles. The number of rotatable bonds is 3. The van der Waals surface area contributed by atoms with Crippen LogP contribution >= 0.6 is 11.3 Å². The first-order valence-electron chi connectivity index (χ1n) is 6.61. The summed E-state index contributed by atoms with van der Waals surface area (Å²) in [6.45, 7) is 4.44. The molecule has 1 heterocycles. The average Bonchev–Trinajstić information content (AvgIpc) is 2.99. The van der Waals surface area contributed by atoms with Gasteiger partial charge in [-0.05, 0) is 60.2 Å². The van der Waals surface area contributed by atoms with Gasteiger partial charge in [0.05, 0.1) is 0 Å². The van der Waals surface area contributed by atoms with Crippen LogP contribution in [0.3, 0.4) is 0 Å². The number of aryl methyl sites for hydroxylation is 2. The standard InChI is InChI=1S/C16H19NS/c1-11-3-4-13-5-6-16(15(13)9-11)17-12(2)14-7-8-18-10-14/h3-4,7-10,12,16-17H,5-6H2,1-2H3. The molecule has 1 aliphatic carbocycles. The Morgan fingerprint density at radius 1 is 1.33 bits per heavy atom. The Morgan fingerprint density at radius 2 is 2.22 bits per heavy atom. The number of hydrogen-bond donors (Lipinski definition) is 1. The maximum Gasteiger partial charge on any atom is 0.0331 e. The highest BCUT2D eigenvalue weighted by Gasteiger charge is 2.23. The van der Waals surface area contributed by atoms with Crippen molar-refractivity contribution in [3.8, 4) is 0 Å². The van der Waals surface area contributed by atoms with E-state index in [0.29, 0.717) is 12.1 Å². The molecule has 0 fully saturated rings. The van der Waals surface area contributed by atoms with Gasteiger partial charge in [0, 0.05) is 12.1 Å². The first-order valence-corrected chi connectivity index (χ1v) is 7.56. The molecule has 1 N–H and O–H groups in total. The molecule has 0 bridgehead atoms. The van der Waals surface area contributed by atoms with Crippen LogP contribution < -0.4 is 5.32 Å². The van der Waals surface area contributed by atoms with Gasteiger partial charge >= 0.3 is 0 Å². The van der Waals surface area contributed by atoms with E-state index in [4.69, 9.17) is 0 Å². The van der Waals surface area contributed by atoms with Crippen LogP contribution in [-0.2, 0) is 6.42 Å². The van der Waals surface area contributed by atoms with E-state index < -0.39 is 0 Å². The molecule has 2 unspecified atom stereocenters. The number of hydrogen-bond acceptors (Lipinski definition) is 2. The predicted molar refractivity (Wildman–Crippen MR) is 78.1 cm³/mol. The lowest BCUT2D eigenvalue weighted by Gasteiger charge is -2.20. The van der Waals surface area contributed by atoms with Crippen molar-refractivity contribution in [1.82, 2.24) is 5.32 Å². The fourth-order valence-corrected chi connectivity index (χ4v) is 3.57. The minimum Gasteiger partial charge on any atom is -0.303 e. The molecule has 0 saturated heterocycles. The summed E-state index contributed by atoms with van der Waals surface area (Å²) in [5.74, 6) is 0. The van der Waals surface area contributed by atoms with Gasteiger partial charge in [-0.25, -0.2) is 0 Å². The highest BCUT2D eigenvalue weighted by molar-refractivity contribution is 7.07. The minimum absolute atomic E-state index is 0.438. The average molecular weight is 257 g/mol. The van der Waals surface area contributed by atoms with Crippen LogP contribution in [0.2, 0.25) is 0 Å². The molecule has 2 atom stereocenters. The van der Waals surface area contributed by atoms with Crippen LogP contribution in [-0.4, -0.2) is 0 Å². The summed E-state index contributed by atoms with van der Waals surface area (Å²) in [5, 5.41) is 8.16. The summed E-state index contributed by atoms with van der Waals surface area (Å²) in [5.41, 5.74) is 5.81. The number of nitrogens with one attached hydrogen (secondary N) is 1. The topological polar surface area (TPSA) is 12.0 Å². The highest BCUT2D eigenvalue weighted by atomic mass is 32.1. The third-order valence-corrected chi connectivity index (χ3v) is 4.57. The van der Waals surface area contributed by atoms with Crippen molar-refractivity contribution < 1.29 is 0 Å². The van der Waals surface area contributed by atoms with Crippen LogP contribution in [0.4, 0.5) is 0 Å². The Kier molecular flexibility index (Phi) is 3.23. The van der Waals surface area contributed by atoms with Crippen molar-refractivity contribution in [2.24, 2.45) is 0 Å². The summed E-state index contributed by atoms with van der Waals surface area (Å²) >= 11 is 1.77. The van der Waals surface area contributed by atoms with Gasteiger partial charge in [-0.2, -0.15) is 11.3 Å². The van der Waals surface area contributed by atoms with Crippen LogP contribution in [0, 0.1) is 6.92 Å². The highest BCUT2D eigenvalue weighted by Crippen LogP contribution is 2.33. The Balaban J connectivity index is 1.78. The fourth-order valence-electron chi connectivity index (χ4n) is 2.81. The van der Waals surface area contributed by atoms with E-state index in [-0.39, 0.29) is 0 Å². The van der Waals surface area contributed by atoms with Crippen molar-refractivity contribution >= 4 is 11.3 Å². The van der Waals surface area contributed by atoms with Gasteiger partial charge in [-0.3, -0.25) is 0 Å². The zero-order valence-electron chi connectivity index (χ0n) is 10.9. The predicted octanol–water partition coefficient (Wildman–Crippen LogP) is 4.39. The lowest BCUT2D eigenvalue weighted by Crippen LogP contribution is -2.22. The summed E-state index contributed by atoms with van der Waals surface area (Å²) in [6.07, 6.45) is 2.44. The fraction of sp³-hybridized carbons (Fsp3) is 0.375. The van der Waals surface area contributed by atoms with Gasteiger partial charge in [0.15, 0.2) is 0 Å². The third-order valence-electron chi connectivity index (χ3n) is 3.87. The van der Waals surface area contributed by atoms with Crippen molar-refractivity contribution in [2.75, 3.05) is 0 Å². The Morgan fingerprint density at radius 3 is 3.00 bits per heavy atom. The molecule has 94 valence electrons. The molecule has 1 nitrogen and oxygen atoms in total. The van der Waals surface area contributed by atoms with Crippen LogP contribution in [0.5, 0.6) is 0 Å². The molecule has 18 heavy (non-hydrogen) atoms. The van der Waals surface area contributed by atoms with Gasteiger partial charge in [0.1, 0.15) is 0 Å². The summed E-state index contributed by atoms with van der Waals surface area (Å²) in [7, 11) is 0. The lowest BCUT2D eigenvalue weighted by atomic mass is 10.0. The van der Waals surface area contributed by atoms with Gasteiger partial charge in [-0.15, -0.1) is 0 Å². The Hall–Kier alpha value is -1.12. The minimum atomic E-state index is 0.438. The number of thiophene rings is 1. The lowest BCUT2D eigenvalue weighted by molar-refractivity contribution is 0.465. The molecular weight excluding hydrogens is 238 g/mol. The van der Waals surface area contributed by atoms with E-state index in [2.05, 4.69) is 54.2 Å². The number of fused-ring (bicyclic) bond motifs is 1. The first kappa shape index (κ1) is 11.9. The van der Waals surface area contributed by atoms with Crippen molar-refractivity contribution in [1.29, 1.82) is 0 Å². The van der Waals surface area contributed by atoms with Gasteiger partial charge in [0.2, 0.25) is 0 Å². The van der Waals surface area contributed by atoms with Crippen LogP contribution in [0.1, 0.15) is 47.7 Å². The zero-order valence-corrected chi connectivity index (χ0v) is 11.8. The Labute approximate surface area is 113 Å².